The molecular weight excluding hydrogens is 284 g/mol. The lowest BCUT2D eigenvalue weighted by Crippen LogP contribution is -2.47. The minimum Gasteiger partial charge on any atom is -0.546 e. The summed E-state index contributed by atoms with van der Waals surface area (Å²) in [5, 5.41) is 0. The lowest BCUT2D eigenvalue weighted by Gasteiger charge is -2.42. The minimum absolute atomic E-state index is 0.606. The highest BCUT2D eigenvalue weighted by molar-refractivity contribution is 6.77. The predicted molar refractivity (Wildman–Crippen MR) is 98.6 cm³/mol. The van der Waals surface area contributed by atoms with E-state index in [1.165, 1.54) is 11.3 Å². The highest BCUT2D eigenvalue weighted by Gasteiger charge is 2.47. The zero-order valence-corrected chi connectivity index (χ0v) is 16.1. The zero-order valence-electron chi connectivity index (χ0n) is 15.1. The van der Waals surface area contributed by atoms with Gasteiger partial charge in [0.15, 0.2) is 0 Å². The van der Waals surface area contributed by atoms with Crippen molar-refractivity contribution >= 4 is 8.32 Å². The Morgan fingerprint density at radius 2 is 1.45 bits per heavy atom. The van der Waals surface area contributed by atoms with Gasteiger partial charge in [-0.1, -0.05) is 71.9 Å². The number of hydrogen-bond acceptors (Lipinski definition) is 1. The fourth-order valence-electron chi connectivity index (χ4n) is 4.33. The summed E-state index contributed by atoms with van der Waals surface area (Å²) in [5.74, 6) is 1.87. The average molecular weight is 317 g/mol. The second-order valence-electron chi connectivity index (χ2n) is 7.64. The Morgan fingerprint density at radius 3 is 1.95 bits per heavy atom. The van der Waals surface area contributed by atoms with Crippen LogP contribution in [-0.4, -0.2) is 8.32 Å². The fraction of sp³-hybridized carbons (Fsp3) is 0.600. The Hall–Kier alpha value is -1.02. The van der Waals surface area contributed by atoms with Crippen molar-refractivity contribution in [3.8, 4) is 0 Å². The number of benzene rings is 1. The van der Waals surface area contributed by atoms with Gasteiger partial charge in [0.1, 0.15) is 0 Å². The smallest absolute Gasteiger partial charge is 0.258 e. The molecule has 22 heavy (non-hydrogen) atoms. The van der Waals surface area contributed by atoms with E-state index in [0.717, 1.165) is 12.8 Å². The van der Waals surface area contributed by atoms with Gasteiger partial charge in [-0.05, 0) is 40.6 Å². The van der Waals surface area contributed by atoms with E-state index in [1.54, 1.807) is 0 Å². The maximum atomic E-state index is 6.84. The number of allylic oxidation sites excluding steroid dienone is 2. The number of rotatable bonds is 6. The van der Waals surface area contributed by atoms with Crippen LogP contribution in [0.25, 0.3) is 0 Å². The average Bonchev–Trinajstić information content (AvgIpc) is 2.93. The van der Waals surface area contributed by atoms with Crippen LogP contribution in [0, 0.1) is 0 Å². The summed E-state index contributed by atoms with van der Waals surface area (Å²) in [6, 6.07) is 10.9. The molecule has 0 aliphatic heterocycles. The molecule has 1 aliphatic carbocycles. The minimum atomic E-state index is -1.79. The molecule has 0 saturated heterocycles. The molecule has 1 aromatic rings. The van der Waals surface area contributed by atoms with E-state index in [-0.39, 0.29) is 0 Å². The first-order chi connectivity index (χ1) is 10.4. The Bertz CT molecular complexity index is 480. The zero-order chi connectivity index (χ0) is 16.3. The van der Waals surface area contributed by atoms with Gasteiger partial charge in [0, 0.05) is 6.42 Å². The highest BCUT2D eigenvalue weighted by atomic mass is 28.4. The van der Waals surface area contributed by atoms with Crippen molar-refractivity contribution in [3.05, 3.63) is 47.7 Å². The van der Waals surface area contributed by atoms with Gasteiger partial charge in [-0.15, -0.1) is 0 Å². The van der Waals surface area contributed by atoms with Crippen LogP contribution in [0.5, 0.6) is 0 Å². The van der Waals surface area contributed by atoms with Gasteiger partial charge in [-0.3, -0.25) is 0 Å². The van der Waals surface area contributed by atoms with Crippen LogP contribution < -0.4 is 0 Å². The predicted octanol–water partition coefficient (Wildman–Crippen LogP) is 6.64. The van der Waals surface area contributed by atoms with Crippen LogP contribution in [0.4, 0.5) is 0 Å². The summed E-state index contributed by atoms with van der Waals surface area (Å²) in [5.41, 5.74) is 3.38. The van der Waals surface area contributed by atoms with Gasteiger partial charge in [0.05, 0.1) is 5.76 Å². The summed E-state index contributed by atoms with van der Waals surface area (Å²) in [4.78, 5) is 0. The molecule has 1 aromatic carbocycles. The molecular formula is C20H32OSi. The first-order valence-electron chi connectivity index (χ1n) is 8.80. The maximum absolute atomic E-state index is 6.84. The molecule has 0 aromatic heterocycles. The van der Waals surface area contributed by atoms with Crippen molar-refractivity contribution in [1.82, 2.24) is 0 Å². The second kappa shape index (κ2) is 7.04. The molecule has 0 saturated carbocycles. The first-order valence-corrected chi connectivity index (χ1v) is 10.9. The molecule has 0 N–H and O–H groups in total. The Balaban J connectivity index is 2.13. The Kier molecular flexibility index (Phi) is 5.54. The van der Waals surface area contributed by atoms with E-state index in [1.807, 2.05) is 0 Å². The molecule has 1 nitrogen and oxygen atoms in total. The van der Waals surface area contributed by atoms with Crippen LogP contribution >= 0.6 is 0 Å². The van der Waals surface area contributed by atoms with Gasteiger partial charge < -0.3 is 4.43 Å². The van der Waals surface area contributed by atoms with Crippen molar-refractivity contribution in [3.63, 3.8) is 0 Å². The van der Waals surface area contributed by atoms with Gasteiger partial charge >= 0.3 is 0 Å². The largest absolute Gasteiger partial charge is 0.546 e. The number of hydrogen-bond donors (Lipinski definition) is 0. The SMILES string of the molecule is CC(C)[Si](OC1=CCC(c2ccccc2)C1)(C(C)C)C(C)C. The monoisotopic (exact) mass is 316 g/mol. The molecule has 0 fully saturated rings. The molecule has 1 unspecified atom stereocenters. The van der Waals surface area contributed by atoms with Crippen LogP contribution in [0.15, 0.2) is 42.2 Å². The third-order valence-electron chi connectivity index (χ3n) is 5.36. The van der Waals surface area contributed by atoms with E-state index < -0.39 is 8.32 Å². The molecule has 122 valence electrons. The van der Waals surface area contributed by atoms with Crippen LogP contribution in [0.2, 0.25) is 16.6 Å². The van der Waals surface area contributed by atoms with E-state index in [0.29, 0.717) is 22.5 Å². The normalized spacial score (nSPS) is 19.1. The quantitative estimate of drug-likeness (QED) is 0.534. The summed E-state index contributed by atoms with van der Waals surface area (Å²) in [7, 11) is -1.79. The van der Waals surface area contributed by atoms with E-state index in [4.69, 9.17) is 4.43 Å². The maximum Gasteiger partial charge on any atom is 0.258 e. The third-order valence-corrected chi connectivity index (χ3v) is 11.4. The van der Waals surface area contributed by atoms with Gasteiger partial charge in [-0.25, -0.2) is 0 Å². The van der Waals surface area contributed by atoms with Crippen molar-refractivity contribution in [2.75, 3.05) is 0 Å². The van der Waals surface area contributed by atoms with Crippen molar-refractivity contribution in [1.29, 1.82) is 0 Å². The van der Waals surface area contributed by atoms with Crippen molar-refractivity contribution in [2.24, 2.45) is 0 Å². The molecule has 1 aliphatic rings. The highest BCUT2D eigenvalue weighted by Crippen LogP contribution is 2.46. The van der Waals surface area contributed by atoms with E-state index in [9.17, 15) is 0 Å². The van der Waals surface area contributed by atoms with Crippen LogP contribution in [0.1, 0.15) is 65.9 Å². The third kappa shape index (κ3) is 3.32. The summed E-state index contributed by atoms with van der Waals surface area (Å²) in [6.45, 7) is 14.1. The molecule has 0 bridgehead atoms. The standard InChI is InChI=1S/C20H32OSi/c1-15(2)22(16(3)4,17(5)6)21-20-13-12-19(14-20)18-10-8-7-9-11-18/h7-11,13,15-17,19H,12,14H2,1-6H3. The van der Waals surface area contributed by atoms with Crippen LogP contribution in [0.3, 0.4) is 0 Å². The molecule has 2 rings (SSSR count). The van der Waals surface area contributed by atoms with Crippen LogP contribution in [-0.2, 0) is 4.43 Å². The summed E-state index contributed by atoms with van der Waals surface area (Å²) < 4.78 is 6.84. The first kappa shape index (κ1) is 17.3. The van der Waals surface area contributed by atoms with Gasteiger partial charge in [0.2, 0.25) is 0 Å². The van der Waals surface area contributed by atoms with Crippen molar-refractivity contribution < 1.29 is 4.43 Å². The Morgan fingerprint density at radius 1 is 0.909 bits per heavy atom. The molecule has 0 heterocycles. The topological polar surface area (TPSA) is 9.23 Å². The van der Waals surface area contributed by atoms with Crippen molar-refractivity contribution in [2.45, 2.75) is 76.9 Å². The van der Waals surface area contributed by atoms with Gasteiger partial charge in [-0.2, -0.15) is 0 Å². The Labute approximate surface area is 137 Å². The molecule has 0 spiro atoms. The second-order valence-corrected chi connectivity index (χ2v) is 13.0. The van der Waals surface area contributed by atoms with E-state index >= 15 is 0 Å². The van der Waals surface area contributed by atoms with E-state index in [2.05, 4.69) is 78.0 Å². The molecule has 1 atom stereocenters. The van der Waals surface area contributed by atoms with Gasteiger partial charge in [0.25, 0.3) is 8.32 Å². The molecule has 2 heteroatoms. The molecule has 0 amide bonds. The lowest BCUT2D eigenvalue weighted by atomic mass is 9.97. The fourth-order valence-corrected chi connectivity index (χ4v) is 9.65. The summed E-state index contributed by atoms with van der Waals surface area (Å²) in [6.07, 6.45) is 4.55. The lowest BCUT2D eigenvalue weighted by molar-refractivity contribution is 0.357. The molecule has 0 radical (unpaired) electrons. The summed E-state index contributed by atoms with van der Waals surface area (Å²) >= 11 is 0.